The highest BCUT2D eigenvalue weighted by molar-refractivity contribution is 7.89. The molecule has 0 aromatic heterocycles. The molecular weight excluding hydrogens is 450 g/mol. The van der Waals surface area contributed by atoms with Crippen LogP contribution in [0.3, 0.4) is 0 Å². The summed E-state index contributed by atoms with van der Waals surface area (Å²) in [5, 5.41) is -0.551. The lowest BCUT2D eigenvalue weighted by Gasteiger charge is -2.32. The third-order valence-corrected chi connectivity index (χ3v) is 8.87. The van der Waals surface area contributed by atoms with E-state index in [0.29, 0.717) is 19.4 Å². The molecule has 1 saturated heterocycles. The van der Waals surface area contributed by atoms with Gasteiger partial charge in [0.15, 0.2) is 0 Å². The first-order valence-corrected chi connectivity index (χ1v) is 13.3. The second kappa shape index (κ2) is 12.4. The van der Waals surface area contributed by atoms with E-state index in [0.717, 1.165) is 35.5 Å². The van der Waals surface area contributed by atoms with E-state index in [-0.39, 0.29) is 25.1 Å². The summed E-state index contributed by atoms with van der Waals surface area (Å²) in [7, 11) is -0.422. The number of sulfonamides is 1. The molecule has 3 atom stereocenters. The van der Waals surface area contributed by atoms with Crippen molar-refractivity contribution in [3.8, 4) is 11.5 Å². The number of nitrogens with zero attached hydrogens (tertiary/aromatic N) is 1. The van der Waals surface area contributed by atoms with Crippen LogP contribution >= 0.6 is 0 Å². The van der Waals surface area contributed by atoms with Crippen LogP contribution in [0.25, 0.3) is 0 Å². The van der Waals surface area contributed by atoms with E-state index in [1.54, 1.807) is 24.6 Å². The van der Waals surface area contributed by atoms with Crippen molar-refractivity contribution in [3.63, 3.8) is 0 Å². The van der Waals surface area contributed by atoms with Crippen molar-refractivity contribution in [2.75, 3.05) is 20.8 Å². The lowest BCUT2D eigenvalue weighted by molar-refractivity contribution is 0.0989. The molecule has 2 aromatic rings. The van der Waals surface area contributed by atoms with Crippen LogP contribution in [0, 0.1) is 5.92 Å². The number of hydrogen-bond donors (Lipinski definition) is 0. The Morgan fingerprint density at radius 3 is 1.97 bits per heavy atom. The molecule has 6 nitrogen and oxygen atoms in total. The molecule has 3 rings (SSSR count). The summed E-state index contributed by atoms with van der Waals surface area (Å²) in [5.74, 6) is 1.41. The van der Waals surface area contributed by atoms with E-state index in [4.69, 9.17) is 14.2 Å². The highest BCUT2D eigenvalue weighted by atomic mass is 32.2. The van der Waals surface area contributed by atoms with Crippen molar-refractivity contribution < 1.29 is 22.6 Å². The van der Waals surface area contributed by atoms with Crippen LogP contribution < -0.4 is 9.47 Å². The highest BCUT2D eigenvalue weighted by Gasteiger charge is 2.38. The zero-order chi connectivity index (χ0) is 24.6. The fourth-order valence-electron chi connectivity index (χ4n) is 4.45. The summed E-state index contributed by atoms with van der Waals surface area (Å²) < 4.78 is 46.3. The van der Waals surface area contributed by atoms with Crippen LogP contribution in [-0.2, 0) is 27.8 Å². The zero-order valence-corrected chi connectivity index (χ0v) is 21.3. The van der Waals surface area contributed by atoms with Gasteiger partial charge in [-0.25, -0.2) is 8.42 Å². The second-order valence-corrected chi connectivity index (χ2v) is 11.1. The first kappa shape index (κ1) is 26.3. The van der Waals surface area contributed by atoms with Gasteiger partial charge in [0.2, 0.25) is 10.0 Å². The topological polar surface area (TPSA) is 65.1 Å². The molecule has 0 amide bonds. The molecule has 0 spiro atoms. The molecule has 7 heteroatoms. The molecule has 0 N–H and O–H groups in total. The van der Waals surface area contributed by atoms with Gasteiger partial charge in [0.05, 0.1) is 25.6 Å². The normalized spacial score (nSPS) is 17.9. The summed E-state index contributed by atoms with van der Waals surface area (Å²) in [6, 6.07) is 15.1. The number of rotatable bonds is 13. The molecule has 0 aliphatic carbocycles. The lowest BCUT2D eigenvalue weighted by atomic mass is 9.98. The zero-order valence-electron chi connectivity index (χ0n) is 20.5. The Labute approximate surface area is 204 Å². The molecule has 0 saturated carbocycles. The van der Waals surface area contributed by atoms with Gasteiger partial charge in [-0.15, -0.1) is 6.58 Å². The van der Waals surface area contributed by atoms with E-state index in [9.17, 15) is 8.42 Å². The van der Waals surface area contributed by atoms with E-state index in [1.165, 1.54) is 0 Å². The first-order valence-electron chi connectivity index (χ1n) is 11.8. The predicted octanol–water partition coefficient (Wildman–Crippen LogP) is 5.19. The van der Waals surface area contributed by atoms with Crippen molar-refractivity contribution >= 4 is 10.0 Å². The molecule has 2 aromatic carbocycles. The average Bonchev–Trinajstić information content (AvgIpc) is 3.36. The molecular formula is C27H37NO5S. The Kier molecular flexibility index (Phi) is 9.56. The van der Waals surface area contributed by atoms with Crippen molar-refractivity contribution in [3.05, 3.63) is 72.3 Å². The van der Waals surface area contributed by atoms with Gasteiger partial charge in [0, 0.05) is 19.7 Å². The molecule has 1 fully saturated rings. The van der Waals surface area contributed by atoms with E-state index >= 15 is 0 Å². The largest absolute Gasteiger partial charge is 0.497 e. The molecule has 34 heavy (non-hydrogen) atoms. The number of hydrogen-bond acceptors (Lipinski definition) is 5. The van der Waals surface area contributed by atoms with Crippen LogP contribution in [-0.4, -0.2) is 44.9 Å². The molecule has 1 heterocycles. The predicted molar refractivity (Wildman–Crippen MR) is 136 cm³/mol. The Balaban J connectivity index is 1.93. The van der Waals surface area contributed by atoms with Gasteiger partial charge in [0.25, 0.3) is 0 Å². The van der Waals surface area contributed by atoms with Gasteiger partial charge in [-0.05, 0) is 67.0 Å². The number of benzene rings is 2. The molecule has 0 radical (unpaired) electrons. The smallest absolute Gasteiger partial charge is 0.217 e. The van der Waals surface area contributed by atoms with Crippen molar-refractivity contribution in [2.24, 2.45) is 5.92 Å². The van der Waals surface area contributed by atoms with Crippen LogP contribution in [0.1, 0.15) is 43.7 Å². The first-order chi connectivity index (χ1) is 16.4. The molecule has 1 aliphatic rings. The fourth-order valence-corrected chi connectivity index (χ4v) is 6.65. The van der Waals surface area contributed by atoms with Crippen LogP contribution in [0.15, 0.2) is 61.2 Å². The minimum atomic E-state index is -3.66. The Bertz CT molecular complexity index is 949. The van der Waals surface area contributed by atoms with Crippen molar-refractivity contribution in [2.45, 2.75) is 57.1 Å². The van der Waals surface area contributed by atoms with Gasteiger partial charge in [-0.1, -0.05) is 37.3 Å². The third kappa shape index (κ3) is 6.84. The van der Waals surface area contributed by atoms with Crippen molar-refractivity contribution in [1.29, 1.82) is 0 Å². The van der Waals surface area contributed by atoms with Crippen LogP contribution in [0.2, 0.25) is 0 Å². The maximum absolute atomic E-state index is 14.2. The quantitative estimate of drug-likeness (QED) is 0.364. The van der Waals surface area contributed by atoms with Crippen molar-refractivity contribution in [1.82, 2.24) is 4.31 Å². The monoisotopic (exact) mass is 487 g/mol. The lowest BCUT2D eigenvalue weighted by Crippen LogP contribution is -2.42. The summed E-state index contributed by atoms with van der Waals surface area (Å²) in [4.78, 5) is 0. The van der Waals surface area contributed by atoms with E-state index < -0.39 is 15.3 Å². The van der Waals surface area contributed by atoms with Gasteiger partial charge in [0.1, 0.15) is 11.5 Å². The Morgan fingerprint density at radius 1 is 1.03 bits per heavy atom. The number of ether oxygens (including phenoxy) is 3. The summed E-state index contributed by atoms with van der Waals surface area (Å²) in [6.07, 6.45) is 4.81. The van der Waals surface area contributed by atoms with Gasteiger partial charge in [-0.3, -0.25) is 0 Å². The SMILES string of the molecule is C=CC[C@@H](C)[C@H](C[C@@H]1CCCO1)S(=O)(=O)N(Cc1ccc(OC)cc1)Cc1ccc(OC)cc1. The van der Waals surface area contributed by atoms with Gasteiger partial charge < -0.3 is 14.2 Å². The Hall–Kier alpha value is -2.35. The molecule has 0 unspecified atom stereocenters. The van der Waals surface area contributed by atoms with Gasteiger partial charge in [-0.2, -0.15) is 4.31 Å². The number of allylic oxidation sites excluding steroid dienone is 1. The molecule has 0 bridgehead atoms. The standard InChI is InChI=1S/C27H37NO5S/c1-5-7-21(2)27(18-26-8-6-17-33-26)34(29,30)28(19-22-9-13-24(31-3)14-10-22)20-23-11-15-25(32-4)16-12-23/h5,9-16,21,26-27H,1,6-8,17-20H2,2-4H3/t21-,26+,27+/m1/s1. The second-order valence-electron chi connectivity index (χ2n) is 8.92. The molecule has 1 aliphatic heterocycles. The molecule has 186 valence electrons. The summed E-state index contributed by atoms with van der Waals surface area (Å²) >= 11 is 0. The average molecular weight is 488 g/mol. The summed E-state index contributed by atoms with van der Waals surface area (Å²) in [5.41, 5.74) is 1.82. The fraction of sp³-hybridized carbons (Fsp3) is 0.481. The highest BCUT2D eigenvalue weighted by Crippen LogP contribution is 2.31. The summed E-state index contributed by atoms with van der Waals surface area (Å²) in [6.45, 7) is 7.11. The number of methoxy groups -OCH3 is 2. The Morgan fingerprint density at radius 2 is 1.56 bits per heavy atom. The van der Waals surface area contributed by atoms with E-state index in [1.807, 2.05) is 55.5 Å². The maximum Gasteiger partial charge on any atom is 0.217 e. The van der Waals surface area contributed by atoms with Crippen LogP contribution in [0.5, 0.6) is 11.5 Å². The van der Waals surface area contributed by atoms with Crippen LogP contribution in [0.4, 0.5) is 0 Å². The maximum atomic E-state index is 14.2. The van der Waals surface area contributed by atoms with Gasteiger partial charge >= 0.3 is 0 Å². The third-order valence-electron chi connectivity index (χ3n) is 6.47. The minimum absolute atomic E-state index is 0.0177. The minimum Gasteiger partial charge on any atom is -0.497 e. The van der Waals surface area contributed by atoms with E-state index in [2.05, 4.69) is 6.58 Å².